The molecule has 0 radical (unpaired) electrons. The lowest BCUT2D eigenvalue weighted by Gasteiger charge is -2.40. The quantitative estimate of drug-likeness (QED) is 0.843. The van der Waals surface area contributed by atoms with E-state index in [0.29, 0.717) is 25.5 Å². The van der Waals surface area contributed by atoms with Crippen molar-refractivity contribution in [1.82, 2.24) is 19.9 Å². The first-order valence-corrected chi connectivity index (χ1v) is 9.60. The molecule has 28 heavy (non-hydrogen) atoms. The minimum absolute atomic E-state index is 0.120. The standard InChI is InChI=1S/C20H22N6O2/c1-13-12-25(18-17(11-21)22-6-7-23-18)8-9-26(13)20(28)15-10-14-4-2-3-5-16(14)24-19(15)27/h6-7,10,13H,2-5,8-9,12H2,1H3,(H,24,27). The Bertz CT molecular complexity index is 1010. The van der Waals surface area contributed by atoms with Crippen LogP contribution in [-0.4, -0.2) is 51.4 Å². The Balaban J connectivity index is 1.55. The lowest BCUT2D eigenvalue weighted by atomic mass is 9.94. The van der Waals surface area contributed by atoms with Crippen LogP contribution in [0.2, 0.25) is 0 Å². The molecule has 0 bridgehead atoms. The summed E-state index contributed by atoms with van der Waals surface area (Å²) in [5, 5.41) is 9.25. The number of amides is 1. The van der Waals surface area contributed by atoms with Crippen LogP contribution in [0.4, 0.5) is 5.82 Å². The van der Waals surface area contributed by atoms with Crippen LogP contribution in [0.1, 0.15) is 47.1 Å². The molecule has 4 rings (SSSR count). The summed E-state index contributed by atoms with van der Waals surface area (Å²) in [6.07, 6.45) is 6.98. The maximum Gasteiger partial charge on any atom is 0.261 e. The van der Waals surface area contributed by atoms with Gasteiger partial charge in [0.25, 0.3) is 11.5 Å². The van der Waals surface area contributed by atoms with Crippen LogP contribution in [0, 0.1) is 11.3 Å². The first kappa shape index (κ1) is 18.2. The number of nitrogens with zero attached hydrogens (tertiary/aromatic N) is 5. The van der Waals surface area contributed by atoms with E-state index in [1.54, 1.807) is 17.2 Å². The van der Waals surface area contributed by atoms with E-state index >= 15 is 0 Å². The number of hydrogen-bond acceptors (Lipinski definition) is 6. The van der Waals surface area contributed by atoms with Crippen molar-refractivity contribution >= 4 is 11.7 Å². The first-order valence-electron chi connectivity index (χ1n) is 9.60. The van der Waals surface area contributed by atoms with Gasteiger partial charge in [0.15, 0.2) is 11.5 Å². The van der Waals surface area contributed by atoms with E-state index in [1.807, 2.05) is 11.8 Å². The summed E-state index contributed by atoms with van der Waals surface area (Å²) in [6, 6.07) is 3.73. The van der Waals surface area contributed by atoms with Crippen molar-refractivity contribution in [2.24, 2.45) is 0 Å². The fourth-order valence-electron chi connectivity index (χ4n) is 4.08. The summed E-state index contributed by atoms with van der Waals surface area (Å²) < 4.78 is 0. The predicted octanol–water partition coefficient (Wildman–Crippen LogP) is 1.27. The number of nitriles is 1. The summed E-state index contributed by atoms with van der Waals surface area (Å²) in [7, 11) is 0. The number of aromatic nitrogens is 3. The van der Waals surface area contributed by atoms with E-state index in [2.05, 4.69) is 21.0 Å². The number of rotatable bonds is 2. The second-order valence-corrected chi connectivity index (χ2v) is 7.36. The van der Waals surface area contributed by atoms with E-state index in [-0.39, 0.29) is 28.8 Å². The van der Waals surface area contributed by atoms with Gasteiger partial charge < -0.3 is 14.8 Å². The van der Waals surface area contributed by atoms with E-state index < -0.39 is 0 Å². The number of anilines is 1. The highest BCUT2D eigenvalue weighted by molar-refractivity contribution is 5.94. The minimum atomic E-state index is -0.305. The van der Waals surface area contributed by atoms with Crippen LogP contribution in [0.3, 0.4) is 0 Å². The number of carbonyl (C=O) groups is 1. The van der Waals surface area contributed by atoms with Gasteiger partial charge in [-0.2, -0.15) is 5.26 Å². The van der Waals surface area contributed by atoms with E-state index in [4.69, 9.17) is 0 Å². The summed E-state index contributed by atoms with van der Waals surface area (Å²) in [4.78, 5) is 40.5. The summed E-state index contributed by atoms with van der Waals surface area (Å²) in [5.74, 6) is 0.303. The molecule has 1 amide bonds. The summed E-state index contributed by atoms with van der Waals surface area (Å²) >= 11 is 0. The Hall–Kier alpha value is -3.21. The number of pyridine rings is 1. The largest absolute Gasteiger partial charge is 0.350 e. The van der Waals surface area contributed by atoms with E-state index in [1.165, 1.54) is 6.20 Å². The van der Waals surface area contributed by atoms with Crippen LogP contribution < -0.4 is 10.5 Å². The second-order valence-electron chi connectivity index (χ2n) is 7.36. The van der Waals surface area contributed by atoms with Gasteiger partial charge in [0, 0.05) is 43.8 Å². The van der Waals surface area contributed by atoms with Crippen molar-refractivity contribution in [3.8, 4) is 6.07 Å². The van der Waals surface area contributed by atoms with Crippen molar-refractivity contribution in [3.05, 3.63) is 51.3 Å². The third kappa shape index (κ3) is 3.24. The number of nitrogens with one attached hydrogen (secondary N) is 1. The maximum atomic E-state index is 13.1. The smallest absolute Gasteiger partial charge is 0.261 e. The van der Waals surface area contributed by atoms with Gasteiger partial charge in [-0.15, -0.1) is 0 Å². The molecule has 1 N–H and O–H groups in total. The van der Waals surface area contributed by atoms with Gasteiger partial charge in [-0.25, -0.2) is 9.97 Å². The molecule has 2 aliphatic rings. The number of aryl methyl sites for hydroxylation is 2. The van der Waals surface area contributed by atoms with Gasteiger partial charge in [0.05, 0.1) is 0 Å². The molecule has 3 heterocycles. The zero-order chi connectivity index (χ0) is 19.7. The van der Waals surface area contributed by atoms with Crippen LogP contribution in [0.15, 0.2) is 23.3 Å². The highest BCUT2D eigenvalue weighted by atomic mass is 16.2. The van der Waals surface area contributed by atoms with Gasteiger partial charge in [-0.05, 0) is 44.2 Å². The third-order valence-corrected chi connectivity index (χ3v) is 5.54. The molecule has 1 atom stereocenters. The molecule has 0 spiro atoms. The lowest BCUT2D eigenvalue weighted by Crippen LogP contribution is -2.55. The number of hydrogen-bond donors (Lipinski definition) is 1. The Morgan fingerprint density at radius 2 is 2.04 bits per heavy atom. The van der Waals surface area contributed by atoms with Gasteiger partial charge >= 0.3 is 0 Å². The van der Waals surface area contributed by atoms with Gasteiger partial charge in [-0.3, -0.25) is 9.59 Å². The molecule has 2 aromatic heterocycles. The molecule has 8 heteroatoms. The van der Waals surface area contributed by atoms with E-state index in [9.17, 15) is 14.9 Å². The zero-order valence-electron chi connectivity index (χ0n) is 15.8. The number of piperazine rings is 1. The highest BCUT2D eigenvalue weighted by Gasteiger charge is 2.31. The normalized spacial score (nSPS) is 19.1. The van der Waals surface area contributed by atoms with Gasteiger partial charge in [0.2, 0.25) is 0 Å². The number of H-pyrrole nitrogens is 1. The summed E-state index contributed by atoms with van der Waals surface area (Å²) in [5.41, 5.74) is 2.25. The molecule has 1 saturated heterocycles. The molecule has 1 unspecified atom stereocenters. The Morgan fingerprint density at radius 1 is 1.25 bits per heavy atom. The molecule has 0 aromatic carbocycles. The van der Waals surface area contributed by atoms with Crippen molar-refractivity contribution in [1.29, 1.82) is 5.26 Å². The predicted molar refractivity (Wildman–Crippen MR) is 103 cm³/mol. The topological polar surface area (TPSA) is 106 Å². The summed E-state index contributed by atoms with van der Waals surface area (Å²) in [6.45, 7) is 3.46. The van der Waals surface area contributed by atoms with Crippen LogP contribution in [0.5, 0.6) is 0 Å². The highest BCUT2D eigenvalue weighted by Crippen LogP contribution is 2.22. The van der Waals surface area contributed by atoms with Crippen LogP contribution >= 0.6 is 0 Å². The lowest BCUT2D eigenvalue weighted by molar-refractivity contribution is 0.0671. The number of fused-ring (bicyclic) bond motifs is 1. The van der Waals surface area contributed by atoms with Crippen molar-refractivity contribution in [2.75, 3.05) is 24.5 Å². The third-order valence-electron chi connectivity index (χ3n) is 5.54. The Labute approximate surface area is 162 Å². The average Bonchev–Trinajstić information content (AvgIpc) is 2.72. The first-order chi connectivity index (χ1) is 13.6. The second kappa shape index (κ2) is 7.43. The molecule has 1 fully saturated rings. The zero-order valence-corrected chi connectivity index (χ0v) is 15.8. The van der Waals surface area contributed by atoms with Crippen molar-refractivity contribution in [3.63, 3.8) is 0 Å². The molecule has 1 aliphatic carbocycles. The van der Waals surface area contributed by atoms with E-state index in [0.717, 1.165) is 36.9 Å². The van der Waals surface area contributed by atoms with Crippen LogP contribution in [-0.2, 0) is 12.8 Å². The Morgan fingerprint density at radius 3 is 2.82 bits per heavy atom. The molecule has 144 valence electrons. The van der Waals surface area contributed by atoms with Crippen molar-refractivity contribution < 1.29 is 4.79 Å². The Kier molecular flexibility index (Phi) is 4.82. The molecule has 8 nitrogen and oxygen atoms in total. The fraction of sp³-hybridized carbons (Fsp3) is 0.450. The fourth-order valence-corrected chi connectivity index (χ4v) is 4.08. The molecule has 2 aromatic rings. The molecule has 0 saturated carbocycles. The SMILES string of the molecule is CC1CN(c2nccnc2C#N)CCN1C(=O)c1cc2c([nH]c1=O)CCCC2. The minimum Gasteiger partial charge on any atom is -0.350 e. The maximum absolute atomic E-state index is 13.1. The molecule has 1 aliphatic heterocycles. The number of carbonyl (C=O) groups excluding carboxylic acids is 1. The van der Waals surface area contributed by atoms with Crippen molar-refractivity contribution in [2.45, 2.75) is 38.6 Å². The molecular weight excluding hydrogens is 356 g/mol. The monoisotopic (exact) mass is 378 g/mol. The average molecular weight is 378 g/mol. The number of aromatic amines is 1. The van der Waals surface area contributed by atoms with Crippen LogP contribution in [0.25, 0.3) is 0 Å². The molecular formula is C20H22N6O2. The van der Waals surface area contributed by atoms with Gasteiger partial charge in [0.1, 0.15) is 11.6 Å². The van der Waals surface area contributed by atoms with Gasteiger partial charge in [-0.1, -0.05) is 0 Å².